The summed E-state index contributed by atoms with van der Waals surface area (Å²) in [4.78, 5) is 2.59. The molecule has 0 N–H and O–H groups in total. The van der Waals surface area contributed by atoms with Gasteiger partial charge >= 0.3 is 0 Å². The van der Waals surface area contributed by atoms with Gasteiger partial charge in [0.05, 0.1) is 0 Å². The van der Waals surface area contributed by atoms with Gasteiger partial charge in [0.25, 0.3) is 0 Å². The van der Waals surface area contributed by atoms with Crippen molar-refractivity contribution in [3.05, 3.63) is 117 Å². The molecule has 0 aromatic heterocycles. The number of hydrogen-bond donors (Lipinski definition) is 0. The first-order valence-corrected chi connectivity index (χ1v) is 13.1. The molecule has 4 aromatic rings. The second-order valence-electron chi connectivity index (χ2n) is 10.8. The topological polar surface area (TPSA) is 3.24 Å². The first-order chi connectivity index (χ1) is 16.8. The zero-order chi connectivity index (χ0) is 24.4. The maximum Gasteiger partial charge on any atom is 0.0244 e. The third kappa shape index (κ3) is 6.01. The van der Waals surface area contributed by atoms with Crippen molar-refractivity contribution in [1.82, 2.24) is 4.90 Å². The van der Waals surface area contributed by atoms with Crippen LogP contribution in [0.5, 0.6) is 0 Å². The number of rotatable bonds is 5. The normalized spacial score (nSPS) is 14.4. The molecule has 0 atom stereocenters. The van der Waals surface area contributed by atoms with Crippen molar-refractivity contribution < 1.29 is 0 Å². The largest absolute Gasteiger partial charge is 0.294 e. The van der Waals surface area contributed by atoms with Crippen LogP contribution in [-0.4, -0.2) is 11.4 Å². The van der Waals surface area contributed by atoms with Crippen molar-refractivity contribution in [2.45, 2.75) is 33.9 Å². The summed E-state index contributed by atoms with van der Waals surface area (Å²) in [6.07, 6.45) is 8.77. The summed E-state index contributed by atoms with van der Waals surface area (Å²) < 4.78 is 1.10. The van der Waals surface area contributed by atoms with Crippen LogP contribution in [0.15, 0.2) is 83.3 Å². The van der Waals surface area contributed by atoms with Crippen LogP contribution in [0.3, 0.4) is 0 Å². The summed E-state index contributed by atoms with van der Waals surface area (Å²) >= 11 is 3.49. The Kier molecular flexibility index (Phi) is 6.77. The highest BCUT2D eigenvalue weighted by Crippen LogP contribution is 2.33. The van der Waals surface area contributed by atoms with E-state index in [0.717, 1.165) is 24.1 Å². The van der Waals surface area contributed by atoms with Crippen LogP contribution >= 0.6 is 15.9 Å². The zero-order valence-electron chi connectivity index (χ0n) is 20.8. The maximum absolute atomic E-state index is 3.49. The number of nitrogens with zero attached hydrogens (tertiary/aromatic N) is 1. The molecule has 35 heavy (non-hydrogen) atoms. The van der Waals surface area contributed by atoms with Gasteiger partial charge in [-0.3, -0.25) is 4.90 Å². The minimum Gasteiger partial charge on any atom is -0.294 e. The third-order valence-corrected chi connectivity index (χ3v) is 6.92. The van der Waals surface area contributed by atoms with E-state index in [0.29, 0.717) is 5.41 Å². The third-order valence-electron chi connectivity index (χ3n) is 6.40. The first-order valence-electron chi connectivity index (χ1n) is 12.3. The van der Waals surface area contributed by atoms with E-state index in [1.165, 1.54) is 44.2 Å². The average Bonchev–Trinajstić information content (AvgIpc) is 2.82. The molecule has 1 aliphatic rings. The number of hydrogen-bond acceptors (Lipinski definition) is 1. The van der Waals surface area contributed by atoms with Gasteiger partial charge in [0, 0.05) is 24.1 Å². The SMILES string of the molecule is CC(C)(C)CN1Cc2cccc3cc(/C=C/c4ccc(/C=C/c5ccc(Br)cc5)cc4)cc(c23)C1. The van der Waals surface area contributed by atoms with Gasteiger partial charge in [-0.05, 0) is 73.8 Å². The van der Waals surface area contributed by atoms with Gasteiger partial charge in [0.2, 0.25) is 0 Å². The molecule has 0 fully saturated rings. The van der Waals surface area contributed by atoms with Crippen molar-refractivity contribution in [2.24, 2.45) is 5.41 Å². The molecule has 0 aliphatic carbocycles. The Hall–Kier alpha value is -2.94. The van der Waals surface area contributed by atoms with E-state index in [4.69, 9.17) is 0 Å². The van der Waals surface area contributed by atoms with Crippen molar-refractivity contribution in [1.29, 1.82) is 0 Å². The van der Waals surface area contributed by atoms with Crippen LogP contribution in [0.25, 0.3) is 35.1 Å². The fourth-order valence-electron chi connectivity index (χ4n) is 4.98. The molecule has 0 unspecified atom stereocenters. The first kappa shape index (κ1) is 23.8. The molecule has 4 aromatic carbocycles. The lowest BCUT2D eigenvalue weighted by Gasteiger charge is -2.34. The van der Waals surface area contributed by atoms with Crippen LogP contribution in [0.2, 0.25) is 0 Å². The smallest absolute Gasteiger partial charge is 0.0244 e. The fraction of sp³-hybridized carbons (Fsp3) is 0.212. The summed E-state index contributed by atoms with van der Waals surface area (Å²) in [5.41, 5.74) is 8.07. The lowest BCUT2D eigenvalue weighted by atomic mass is 9.90. The highest BCUT2D eigenvalue weighted by atomic mass is 79.9. The average molecular weight is 523 g/mol. The van der Waals surface area contributed by atoms with Gasteiger partial charge in [-0.25, -0.2) is 0 Å². The molecule has 0 radical (unpaired) electrons. The summed E-state index contributed by atoms with van der Waals surface area (Å²) in [6, 6.07) is 28.5. The molecule has 0 spiro atoms. The van der Waals surface area contributed by atoms with Gasteiger partial charge in [-0.15, -0.1) is 0 Å². The van der Waals surface area contributed by atoms with Gasteiger partial charge in [0.1, 0.15) is 0 Å². The molecule has 0 bridgehead atoms. The van der Waals surface area contributed by atoms with Gasteiger partial charge < -0.3 is 0 Å². The molecular formula is C33H32BrN. The van der Waals surface area contributed by atoms with Crippen LogP contribution < -0.4 is 0 Å². The molecule has 1 heterocycles. The van der Waals surface area contributed by atoms with E-state index < -0.39 is 0 Å². The fourth-order valence-corrected chi connectivity index (χ4v) is 5.24. The lowest BCUT2D eigenvalue weighted by Crippen LogP contribution is -2.34. The predicted molar refractivity (Wildman–Crippen MR) is 156 cm³/mol. The molecule has 0 saturated heterocycles. The zero-order valence-corrected chi connectivity index (χ0v) is 22.3. The Morgan fingerprint density at radius 2 is 1.23 bits per heavy atom. The molecule has 0 saturated carbocycles. The Labute approximate surface area is 217 Å². The summed E-state index contributed by atoms with van der Waals surface area (Å²) in [5, 5.41) is 2.81. The Morgan fingerprint density at radius 3 is 1.83 bits per heavy atom. The van der Waals surface area contributed by atoms with Gasteiger partial charge in [-0.2, -0.15) is 0 Å². The number of halogens is 1. The minimum absolute atomic E-state index is 0.294. The van der Waals surface area contributed by atoms with Crippen molar-refractivity contribution >= 4 is 51.0 Å². The maximum atomic E-state index is 3.49. The second-order valence-corrected chi connectivity index (χ2v) is 11.7. The van der Waals surface area contributed by atoms with Crippen LogP contribution in [0.1, 0.15) is 54.2 Å². The van der Waals surface area contributed by atoms with Gasteiger partial charge in [-0.1, -0.05) is 116 Å². The standard InChI is InChI=1S/C33H32BrN/c1-33(2,3)23-35-21-29-6-4-5-28-19-27(20-30(22-35)32(28)29)14-13-25-9-7-24(8-10-25)11-12-26-15-17-31(34)18-16-26/h4-20H,21-23H2,1-3H3/b12-11+,14-13+. The van der Waals surface area contributed by atoms with E-state index in [2.05, 4.69) is 145 Å². The molecule has 1 aliphatic heterocycles. The van der Waals surface area contributed by atoms with E-state index >= 15 is 0 Å². The van der Waals surface area contributed by atoms with E-state index in [1.54, 1.807) is 0 Å². The van der Waals surface area contributed by atoms with E-state index in [9.17, 15) is 0 Å². The number of benzene rings is 4. The van der Waals surface area contributed by atoms with Gasteiger partial charge in [0.15, 0.2) is 0 Å². The molecule has 1 nitrogen and oxygen atoms in total. The van der Waals surface area contributed by atoms with E-state index in [-0.39, 0.29) is 0 Å². The Morgan fingerprint density at radius 1 is 0.686 bits per heavy atom. The van der Waals surface area contributed by atoms with Crippen LogP contribution in [0.4, 0.5) is 0 Å². The van der Waals surface area contributed by atoms with Crippen LogP contribution in [-0.2, 0) is 13.1 Å². The second kappa shape index (κ2) is 9.97. The van der Waals surface area contributed by atoms with Crippen molar-refractivity contribution in [2.75, 3.05) is 6.54 Å². The lowest BCUT2D eigenvalue weighted by molar-refractivity contribution is 0.174. The molecular weight excluding hydrogens is 490 g/mol. The van der Waals surface area contributed by atoms with Crippen molar-refractivity contribution in [3.63, 3.8) is 0 Å². The summed E-state index contributed by atoms with van der Waals surface area (Å²) in [7, 11) is 0. The molecule has 5 rings (SSSR count). The molecule has 2 heteroatoms. The predicted octanol–water partition coefficient (Wildman–Crippen LogP) is 9.30. The molecule has 176 valence electrons. The monoisotopic (exact) mass is 521 g/mol. The quantitative estimate of drug-likeness (QED) is 0.236. The van der Waals surface area contributed by atoms with Crippen molar-refractivity contribution in [3.8, 4) is 0 Å². The Balaban J connectivity index is 1.34. The highest BCUT2D eigenvalue weighted by molar-refractivity contribution is 9.10. The summed E-state index contributed by atoms with van der Waals surface area (Å²) in [5.74, 6) is 0. The summed E-state index contributed by atoms with van der Waals surface area (Å²) in [6.45, 7) is 10.1. The molecule has 0 amide bonds. The van der Waals surface area contributed by atoms with E-state index in [1.807, 2.05) is 0 Å². The highest BCUT2D eigenvalue weighted by Gasteiger charge is 2.22. The Bertz CT molecular complexity index is 1390. The van der Waals surface area contributed by atoms with Crippen LogP contribution in [0, 0.1) is 5.41 Å². The minimum atomic E-state index is 0.294.